The number of hydrogen-bond acceptors (Lipinski definition) is 7. The fraction of sp³-hybridized carbons (Fsp3) is 0.375. The summed E-state index contributed by atoms with van der Waals surface area (Å²) in [7, 11) is 0.422. The van der Waals surface area contributed by atoms with Crippen molar-refractivity contribution < 1.29 is 32.2 Å². The van der Waals surface area contributed by atoms with E-state index in [1.165, 1.54) is 25.2 Å². The van der Waals surface area contributed by atoms with Crippen molar-refractivity contribution in [2.45, 2.75) is 45.3 Å². The molecule has 0 fully saturated rings. The molecule has 3 aromatic carbocycles. The van der Waals surface area contributed by atoms with E-state index in [0.29, 0.717) is 17.1 Å². The Balaban J connectivity index is 2.14. The van der Waals surface area contributed by atoms with Gasteiger partial charge in [-0.3, -0.25) is 13.9 Å². The molecular weight excluding hydrogens is 570 g/mol. The largest absolute Gasteiger partial charge is 0.497 e. The number of sulfonamides is 1. The van der Waals surface area contributed by atoms with Gasteiger partial charge in [-0.15, -0.1) is 0 Å². The summed E-state index contributed by atoms with van der Waals surface area (Å²) < 4.78 is 43.4. The highest BCUT2D eigenvalue weighted by atomic mass is 32.2. The molecule has 0 saturated heterocycles. The van der Waals surface area contributed by atoms with Crippen LogP contribution in [0.2, 0.25) is 0 Å². The lowest BCUT2D eigenvalue weighted by molar-refractivity contribution is -0.140. The third-order valence-electron chi connectivity index (χ3n) is 6.59. The van der Waals surface area contributed by atoms with Crippen molar-refractivity contribution in [1.29, 1.82) is 0 Å². The van der Waals surface area contributed by atoms with Gasteiger partial charge in [0.1, 0.15) is 29.8 Å². The van der Waals surface area contributed by atoms with Crippen molar-refractivity contribution in [2.24, 2.45) is 0 Å². The molecule has 0 saturated carbocycles. The van der Waals surface area contributed by atoms with E-state index in [1.54, 1.807) is 37.4 Å². The maximum atomic E-state index is 14.3. The first kappa shape index (κ1) is 33.3. The lowest BCUT2D eigenvalue weighted by Gasteiger charge is -2.35. The summed E-state index contributed by atoms with van der Waals surface area (Å²) in [6, 6.07) is 20.3. The van der Waals surface area contributed by atoms with E-state index in [1.807, 2.05) is 57.2 Å². The van der Waals surface area contributed by atoms with Crippen molar-refractivity contribution in [3.63, 3.8) is 0 Å². The number of anilines is 1. The Bertz CT molecular complexity index is 1500. The van der Waals surface area contributed by atoms with E-state index in [4.69, 9.17) is 14.2 Å². The van der Waals surface area contributed by atoms with Crippen LogP contribution in [-0.2, 0) is 32.6 Å². The van der Waals surface area contributed by atoms with Crippen LogP contribution >= 0.6 is 0 Å². The lowest BCUT2D eigenvalue weighted by Crippen LogP contribution is -2.56. The van der Waals surface area contributed by atoms with Crippen LogP contribution in [0.25, 0.3) is 0 Å². The average Bonchev–Trinajstić information content (AvgIpc) is 2.96. The van der Waals surface area contributed by atoms with Gasteiger partial charge in [-0.25, -0.2) is 8.42 Å². The molecule has 0 aliphatic carbocycles. The highest BCUT2D eigenvalue weighted by Gasteiger charge is 2.35. The molecule has 0 unspecified atom stereocenters. The molecule has 43 heavy (non-hydrogen) atoms. The van der Waals surface area contributed by atoms with Crippen molar-refractivity contribution in [2.75, 3.05) is 38.4 Å². The molecule has 0 radical (unpaired) electrons. The number of rotatable bonds is 13. The number of ether oxygens (including phenoxy) is 3. The monoisotopic (exact) mass is 611 g/mol. The van der Waals surface area contributed by atoms with Gasteiger partial charge < -0.3 is 24.4 Å². The fourth-order valence-electron chi connectivity index (χ4n) is 4.56. The second-order valence-corrected chi connectivity index (χ2v) is 13.0. The van der Waals surface area contributed by atoms with Gasteiger partial charge in [0, 0.05) is 24.6 Å². The molecule has 11 heteroatoms. The molecule has 3 aromatic rings. The molecule has 232 valence electrons. The minimum atomic E-state index is -3.99. The average molecular weight is 612 g/mol. The quantitative estimate of drug-likeness (QED) is 0.310. The van der Waals surface area contributed by atoms with Gasteiger partial charge in [-0.2, -0.15) is 0 Å². The molecule has 10 nitrogen and oxygen atoms in total. The predicted octanol–water partition coefficient (Wildman–Crippen LogP) is 4.03. The number of methoxy groups -OCH3 is 3. The fourth-order valence-corrected chi connectivity index (χ4v) is 5.41. The lowest BCUT2D eigenvalue weighted by atomic mass is 10.0. The van der Waals surface area contributed by atoms with Crippen LogP contribution in [0, 0.1) is 0 Å². The topological polar surface area (TPSA) is 114 Å². The molecule has 3 rings (SSSR count). The molecule has 1 atom stereocenters. The van der Waals surface area contributed by atoms with Crippen LogP contribution in [0.1, 0.15) is 31.9 Å². The van der Waals surface area contributed by atoms with Gasteiger partial charge in [0.05, 0.1) is 33.3 Å². The number of nitrogens with one attached hydrogen (secondary N) is 1. The first-order chi connectivity index (χ1) is 20.2. The summed E-state index contributed by atoms with van der Waals surface area (Å²) in [5, 5.41) is 3.01. The molecule has 0 aliphatic rings. The first-order valence-electron chi connectivity index (χ1n) is 13.7. The minimum Gasteiger partial charge on any atom is -0.497 e. The first-order valence-corrected chi connectivity index (χ1v) is 15.6. The number of hydrogen-bond donors (Lipinski definition) is 1. The maximum Gasteiger partial charge on any atom is 0.244 e. The number of carbonyl (C=O) groups is 2. The van der Waals surface area contributed by atoms with Gasteiger partial charge in [0.15, 0.2) is 0 Å². The zero-order chi connectivity index (χ0) is 31.8. The normalized spacial score (nSPS) is 12.2. The smallest absolute Gasteiger partial charge is 0.244 e. The highest BCUT2D eigenvalue weighted by molar-refractivity contribution is 7.92. The SMILES string of the molecule is COc1cccc(CN(C(=O)CN(c2cc(OC)ccc2OC)S(C)(=O)=O)[C@@H](Cc2ccccc2)C(=O)NC(C)(C)C)c1. The third kappa shape index (κ3) is 9.37. The highest BCUT2D eigenvalue weighted by Crippen LogP contribution is 2.34. The van der Waals surface area contributed by atoms with Gasteiger partial charge in [0.2, 0.25) is 21.8 Å². The molecule has 0 heterocycles. The van der Waals surface area contributed by atoms with Crippen LogP contribution in [0.15, 0.2) is 72.8 Å². The number of carbonyl (C=O) groups excluding carboxylic acids is 2. The molecule has 0 aromatic heterocycles. The summed E-state index contributed by atoms with van der Waals surface area (Å²) in [6.45, 7) is 5.02. The zero-order valence-corrected chi connectivity index (χ0v) is 26.6. The van der Waals surface area contributed by atoms with Crippen molar-refractivity contribution in [3.05, 3.63) is 83.9 Å². The molecule has 1 N–H and O–H groups in total. The van der Waals surface area contributed by atoms with Crippen LogP contribution in [0.5, 0.6) is 17.2 Å². The van der Waals surface area contributed by atoms with Crippen LogP contribution < -0.4 is 23.8 Å². The van der Waals surface area contributed by atoms with E-state index in [9.17, 15) is 18.0 Å². The molecular formula is C32H41N3O7S. The number of amides is 2. The second kappa shape index (κ2) is 14.3. The van der Waals surface area contributed by atoms with E-state index in [2.05, 4.69) is 5.32 Å². The van der Waals surface area contributed by atoms with Gasteiger partial charge in [-0.1, -0.05) is 42.5 Å². The van der Waals surface area contributed by atoms with Crippen LogP contribution in [0.4, 0.5) is 5.69 Å². The van der Waals surface area contributed by atoms with Crippen LogP contribution in [0.3, 0.4) is 0 Å². The summed E-state index contributed by atoms with van der Waals surface area (Å²) in [5.41, 5.74) is 1.11. The molecule has 0 aliphatic heterocycles. The number of benzene rings is 3. The summed E-state index contributed by atoms with van der Waals surface area (Å²) in [6.07, 6.45) is 1.22. The van der Waals surface area contributed by atoms with E-state index >= 15 is 0 Å². The Hall–Kier alpha value is -4.25. The third-order valence-corrected chi connectivity index (χ3v) is 7.72. The Labute approximate surface area is 254 Å². The Morgan fingerprint density at radius 3 is 2.05 bits per heavy atom. The predicted molar refractivity (Wildman–Crippen MR) is 167 cm³/mol. The maximum absolute atomic E-state index is 14.3. The van der Waals surface area contributed by atoms with E-state index in [0.717, 1.165) is 16.1 Å². The van der Waals surface area contributed by atoms with Gasteiger partial charge in [-0.05, 0) is 56.2 Å². The van der Waals surface area contributed by atoms with Crippen molar-refractivity contribution in [1.82, 2.24) is 10.2 Å². The molecule has 2 amide bonds. The minimum absolute atomic E-state index is 0.0257. The number of nitrogens with zero attached hydrogens (tertiary/aromatic N) is 2. The summed E-state index contributed by atoms with van der Waals surface area (Å²) in [4.78, 5) is 29.6. The zero-order valence-electron chi connectivity index (χ0n) is 25.8. The van der Waals surface area contributed by atoms with E-state index in [-0.39, 0.29) is 30.3 Å². The summed E-state index contributed by atoms with van der Waals surface area (Å²) >= 11 is 0. The molecule has 0 bridgehead atoms. The van der Waals surface area contributed by atoms with E-state index < -0.39 is 34.1 Å². The van der Waals surface area contributed by atoms with Crippen molar-refractivity contribution >= 4 is 27.5 Å². The van der Waals surface area contributed by atoms with Gasteiger partial charge >= 0.3 is 0 Å². The summed E-state index contributed by atoms with van der Waals surface area (Å²) in [5.74, 6) is 0.268. The Morgan fingerprint density at radius 1 is 0.837 bits per heavy atom. The Morgan fingerprint density at radius 2 is 1.47 bits per heavy atom. The Kier molecular flexibility index (Phi) is 11.0. The standard InChI is InChI=1S/C32H41N3O7S/c1-32(2,3)33-31(37)28(19-23-12-9-8-10-13-23)34(21-24-14-11-15-25(18-24)40-4)30(36)22-35(43(7,38)39)27-20-26(41-5)16-17-29(27)42-6/h8-18,20,28H,19,21-22H2,1-7H3,(H,33,37)/t28-/m0/s1. The van der Waals surface area contributed by atoms with Crippen molar-refractivity contribution in [3.8, 4) is 17.2 Å². The molecule has 0 spiro atoms. The second-order valence-electron chi connectivity index (χ2n) is 11.1. The van der Waals surface area contributed by atoms with Crippen LogP contribution in [-0.4, -0.2) is 70.8 Å². The van der Waals surface area contributed by atoms with Gasteiger partial charge in [0.25, 0.3) is 0 Å².